The molecule has 17 heavy (non-hydrogen) atoms. The van der Waals surface area contributed by atoms with Gasteiger partial charge in [0.25, 0.3) is 0 Å². The fraction of sp³-hybridized carbons (Fsp3) is 0.300. The lowest BCUT2D eigenvalue weighted by Crippen LogP contribution is -2.06. The molecule has 90 valence electrons. The minimum absolute atomic E-state index is 0.343. The monoisotopic (exact) mass is 256 g/mol. The zero-order chi connectivity index (χ0) is 12.4. The summed E-state index contributed by atoms with van der Waals surface area (Å²) >= 11 is 5.95. The molecule has 1 aromatic heterocycles. The average Bonchev–Trinajstić information content (AvgIpc) is 2.77. The van der Waals surface area contributed by atoms with Crippen molar-refractivity contribution in [3.8, 4) is 11.4 Å². The predicted octanol–water partition coefficient (Wildman–Crippen LogP) is 2.11. The van der Waals surface area contributed by atoms with Crippen molar-refractivity contribution in [1.82, 2.24) is 20.2 Å². The summed E-state index contributed by atoms with van der Waals surface area (Å²) in [6.07, 6.45) is 0. The van der Waals surface area contributed by atoms with E-state index in [1.807, 2.05) is 0 Å². The minimum atomic E-state index is -0.390. The Morgan fingerprint density at radius 1 is 1.47 bits per heavy atom. The molecule has 1 heterocycles. The largest absolute Gasteiger partial charge is 0.494 e. The second-order valence-electron chi connectivity index (χ2n) is 3.38. The average molecular weight is 257 g/mol. The first-order valence-corrected chi connectivity index (χ1v) is 5.33. The second kappa shape index (κ2) is 4.67. The lowest BCUT2D eigenvalue weighted by molar-refractivity contribution is 0.407. The Balaban J connectivity index is 2.56. The zero-order valence-corrected chi connectivity index (χ0v) is 10.0. The first kappa shape index (κ1) is 11.8. The van der Waals surface area contributed by atoms with E-state index in [4.69, 9.17) is 16.3 Å². The molecule has 0 aliphatic heterocycles. The van der Waals surface area contributed by atoms with Gasteiger partial charge in [-0.05, 0) is 29.5 Å². The van der Waals surface area contributed by atoms with Gasteiger partial charge in [0.1, 0.15) is 17.3 Å². The molecule has 0 aliphatic carbocycles. The zero-order valence-electron chi connectivity index (χ0n) is 9.26. The summed E-state index contributed by atoms with van der Waals surface area (Å²) < 4.78 is 19.6. The molecule has 2 rings (SSSR count). The standard InChI is InChI=1S/C10H10ClFN4O/c1-6(11)10-13-14-15-16(10)8-4-3-7(12)5-9(8)17-2/h3-6H,1-2H3. The van der Waals surface area contributed by atoms with Crippen LogP contribution in [0.4, 0.5) is 4.39 Å². The van der Waals surface area contributed by atoms with Crippen LogP contribution in [0.3, 0.4) is 0 Å². The molecule has 0 aliphatic rings. The van der Waals surface area contributed by atoms with Crippen molar-refractivity contribution in [1.29, 1.82) is 0 Å². The molecule has 0 amide bonds. The third kappa shape index (κ3) is 2.21. The third-order valence-electron chi connectivity index (χ3n) is 2.22. The van der Waals surface area contributed by atoms with Crippen molar-refractivity contribution in [3.63, 3.8) is 0 Å². The molecule has 1 aromatic carbocycles. The van der Waals surface area contributed by atoms with Gasteiger partial charge in [0.15, 0.2) is 5.82 Å². The maximum atomic E-state index is 13.1. The summed E-state index contributed by atoms with van der Waals surface area (Å²) in [5.74, 6) is 0.423. The highest BCUT2D eigenvalue weighted by Crippen LogP contribution is 2.26. The van der Waals surface area contributed by atoms with Crippen molar-refractivity contribution in [2.75, 3.05) is 7.11 Å². The van der Waals surface area contributed by atoms with Crippen LogP contribution in [-0.2, 0) is 0 Å². The molecular formula is C10H10ClFN4O. The summed E-state index contributed by atoms with van der Waals surface area (Å²) in [7, 11) is 1.45. The van der Waals surface area contributed by atoms with Gasteiger partial charge in [-0.2, -0.15) is 4.68 Å². The van der Waals surface area contributed by atoms with Crippen LogP contribution < -0.4 is 4.74 Å². The van der Waals surface area contributed by atoms with Gasteiger partial charge in [-0.3, -0.25) is 0 Å². The van der Waals surface area contributed by atoms with Crippen molar-refractivity contribution >= 4 is 11.6 Å². The first-order valence-electron chi connectivity index (χ1n) is 4.89. The lowest BCUT2D eigenvalue weighted by Gasteiger charge is -2.10. The van der Waals surface area contributed by atoms with E-state index in [9.17, 15) is 4.39 Å². The summed E-state index contributed by atoms with van der Waals surface area (Å²) in [5, 5.41) is 10.8. The number of ether oxygens (including phenoxy) is 1. The van der Waals surface area contributed by atoms with Gasteiger partial charge in [-0.1, -0.05) is 0 Å². The van der Waals surface area contributed by atoms with E-state index in [-0.39, 0.29) is 11.2 Å². The maximum absolute atomic E-state index is 13.1. The molecule has 0 N–H and O–H groups in total. The number of methoxy groups -OCH3 is 1. The van der Waals surface area contributed by atoms with Gasteiger partial charge in [0.05, 0.1) is 12.5 Å². The molecule has 5 nitrogen and oxygen atoms in total. The molecule has 7 heteroatoms. The van der Waals surface area contributed by atoms with Crippen molar-refractivity contribution in [2.45, 2.75) is 12.3 Å². The van der Waals surface area contributed by atoms with E-state index >= 15 is 0 Å². The summed E-state index contributed by atoms with van der Waals surface area (Å²) in [6.45, 7) is 1.75. The number of hydrogen-bond donors (Lipinski definition) is 0. The van der Waals surface area contributed by atoms with Gasteiger partial charge in [-0.25, -0.2) is 4.39 Å². The molecule has 0 fully saturated rings. The molecule has 1 unspecified atom stereocenters. The Morgan fingerprint density at radius 2 is 2.24 bits per heavy atom. The number of alkyl halides is 1. The highest BCUT2D eigenvalue weighted by atomic mass is 35.5. The van der Waals surface area contributed by atoms with Crippen molar-refractivity contribution in [3.05, 3.63) is 29.8 Å². The Morgan fingerprint density at radius 3 is 2.88 bits per heavy atom. The van der Waals surface area contributed by atoms with Gasteiger partial charge >= 0.3 is 0 Å². The van der Waals surface area contributed by atoms with Gasteiger partial charge in [0, 0.05) is 6.07 Å². The van der Waals surface area contributed by atoms with Crippen LogP contribution in [0.5, 0.6) is 5.75 Å². The summed E-state index contributed by atoms with van der Waals surface area (Å²) in [5.41, 5.74) is 0.543. The topological polar surface area (TPSA) is 52.8 Å². The van der Waals surface area contributed by atoms with Gasteiger partial charge < -0.3 is 4.74 Å². The Hall–Kier alpha value is -1.69. The maximum Gasteiger partial charge on any atom is 0.174 e. The third-order valence-corrected chi connectivity index (χ3v) is 2.41. The number of aromatic nitrogens is 4. The fourth-order valence-corrected chi connectivity index (χ4v) is 1.58. The highest BCUT2D eigenvalue weighted by Gasteiger charge is 2.16. The van der Waals surface area contributed by atoms with E-state index in [0.29, 0.717) is 17.3 Å². The van der Waals surface area contributed by atoms with Crippen LogP contribution in [0.1, 0.15) is 18.1 Å². The van der Waals surface area contributed by atoms with E-state index in [1.165, 1.54) is 30.0 Å². The smallest absolute Gasteiger partial charge is 0.174 e. The van der Waals surface area contributed by atoms with Crippen LogP contribution in [0, 0.1) is 5.82 Å². The molecule has 0 spiro atoms. The van der Waals surface area contributed by atoms with Crippen LogP contribution in [0.25, 0.3) is 5.69 Å². The van der Waals surface area contributed by atoms with E-state index < -0.39 is 0 Å². The normalized spacial score (nSPS) is 12.5. The number of halogens is 2. The number of nitrogens with zero attached hydrogens (tertiary/aromatic N) is 4. The number of tetrazole rings is 1. The molecule has 0 saturated heterocycles. The lowest BCUT2D eigenvalue weighted by atomic mass is 10.2. The van der Waals surface area contributed by atoms with Crippen LogP contribution in [-0.4, -0.2) is 27.3 Å². The molecule has 1 atom stereocenters. The molecule has 0 radical (unpaired) electrons. The molecule has 0 saturated carbocycles. The molecule has 2 aromatic rings. The van der Waals surface area contributed by atoms with E-state index in [0.717, 1.165) is 0 Å². The predicted molar refractivity (Wildman–Crippen MR) is 59.9 cm³/mol. The number of hydrogen-bond acceptors (Lipinski definition) is 4. The number of rotatable bonds is 3. The number of benzene rings is 1. The quantitative estimate of drug-likeness (QED) is 0.790. The van der Waals surface area contributed by atoms with E-state index in [1.54, 1.807) is 6.92 Å². The van der Waals surface area contributed by atoms with Crippen molar-refractivity contribution in [2.24, 2.45) is 0 Å². The van der Waals surface area contributed by atoms with Crippen LogP contribution >= 0.6 is 11.6 Å². The summed E-state index contributed by atoms with van der Waals surface area (Å²) in [4.78, 5) is 0. The Kier molecular flexibility index (Phi) is 3.23. The molecular weight excluding hydrogens is 247 g/mol. The summed E-state index contributed by atoms with van der Waals surface area (Å²) in [6, 6.07) is 4.11. The van der Waals surface area contributed by atoms with Crippen LogP contribution in [0.2, 0.25) is 0 Å². The fourth-order valence-electron chi connectivity index (χ4n) is 1.44. The highest BCUT2D eigenvalue weighted by molar-refractivity contribution is 6.20. The van der Waals surface area contributed by atoms with Gasteiger partial charge in [0.2, 0.25) is 0 Å². The Bertz CT molecular complexity index is 529. The minimum Gasteiger partial charge on any atom is -0.494 e. The SMILES string of the molecule is COc1cc(F)ccc1-n1nnnc1C(C)Cl. The second-order valence-corrected chi connectivity index (χ2v) is 4.04. The van der Waals surface area contributed by atoms with Crippen LogP contribution in [0.15, 0.2) is 18.2 Å². The first-order chi connectivity index (χ1) is 8.13. The van der Waals surface area contributed by atoms with Crippen molar-refractivity contribution < 1.29 is 9.13 Å². The Labute approximate surface area is 102 Å². The molecule has 0 bridgehead atoms. The van der Waals surface area contributed by atoms with Gasteiger partial charge in [-0.15, -0.1) is 16.7 Å². The van der Waals surface area contributed by atoms with E-state index in [2.05, 4.69) is 15.5 Å².